The van der Waals surface area contributed by atoms with E-state index in [1.54, 1.807) is 12.1 Å². The lowest BCUT2D eigenvalue weighted by Crippen LogP contribution is -2.29. The Bertz CT molecular complexity index is 615. The molecule has 0 radical (unpaired) electrons. The molecule has 1 atom stereocenters. The summed E-state index contributed by atoms with van der Waals surface area (Å²) in [6.07, 6.45) is 0. The van der Waals surface area contributed by atoms with E-state index in [0.717, 1.165) is 5.56 Å². The number of nitrogens with two attached hydrogens (primary N) is 1. The normalized spacial score (nSPS) is 16.0. The summed E-state index contributed by atoms with van der Waals surface area (Å²) in [5.74, 6) is 0.317. The zero-order chi connectivity index (χ0) is 14.8. The summed E-state index contributed by atoms with van der Waals surface area (Å²) in [5.41, 5.74) is 1.54. The molecule has 1 heterocycles. The van der Waals surface area contributed by atoms with E-state index in [0.29, 0.717) is 11.4 Å². The standard InChI is InChI=1S/C12H17N3O4S/c1-8(14-4-5-20(13,17)18)9-2-3-11-10(6-9)15-12(16)7-19-11/h2-3,6,8,14H,4-5,7H2,1H3,(H,15,16)(H2,13,17,18). The number of ether oxygens (including phenoxy) is 1. The number of hydrogen-bond donors (Lipinski definition) is 3. The van der Waals surface area contributed by atoms with Crippen LogP contribution in [-0.2, 0) is 14.8 Å². The number of benzene rings is 1. The molecule has 1 aliphatic rings. The molecule has 1 unspecified atom stereocenters. The van der Waals surface area contributed by atoms with Crippen molar-refractivity contribution in [2.75, 3.05) is 24.2 Å². The first kappa shape index (κ1) is 14.8. The van der Waals surface area contributed by atoms with Crippen molar-refractivity contribution < 1.29 is 17.9 Å². The van der Waals surface area contributed by atoms with Crippen LogP contribution in [0.1, 0.15) is 18.5 Å². The van der Waals surface area contributed by atoms with Gasteiger partial charge in [0.1, 0.15) is 5.75 Å². The molecule has 0 saturated carbocycles. The largest absolute Gasteiger partial charge is 0.482 e. The minimum atomic E-state index is -3.46. The number of anilines is 1. The summed E-state index contributed by atoms with van der Waals surface area (Å²) in [5, 5.41) is 10.7. The van der Waals surface area contributed by atoms with Gasteiger partial charge in [-0.25, -0.2) is 13.6 Å². The molecule has 0 fully saturated rings. The fraction of sp³-hybridized carbons (Fsp3) is 0.417. The first-order chi connectivity index (χ1) is 9.35. The van der Waals surface area contributed by atoms with Gasteiger partial charge in [-0.05, 0) is 24.6 Å². The van der Waals surface area contributed by atoms with Crippen LogP contribution in [0.25, 0.3) is 0 Å². The van der Waals surface area contributed by atoms with E-state index >= 15 is 0 Å². The maximum Gasteiger partial charge on any atom is 0.262 e. The number of rotatable bonds is 5. The van der Waals surface area contributed by atoms with Gasteiger partial charge < -0.3 is 15.4 Å². The molecule has 0 bridgehead atoms. The predicted molar refractivity (Wildman–Crippen MR) is 75.0 cm³/mol. The van der Waals surface area contributed by atoms with E-state index < -0.39 is 10.0 Å². The van der Waals surface area contributed by atoms with Crippen LogP contribution in [-0.4, -0.2) is 33.2 Å². The minimum Gasteiger partial charge on any atom is -0.482 e. The molecule has 7 nitrogen and oxygen atoms in total. The van der Waals surface area contributed by atoms with Gasteiger partial charge in [0.05, 0.1) is 11.4 Å². The molecular formula is C12H17N3O4S. The van der Waals surface area contributed by atoms with Gasteiger partial charge in [0.2, 0.25) is 10.0 Å². The molecule has 8 heteroatoms. The van der Waals surface area contributed by atoms with Crippen molar-refractivity contribution in [1.29, 1.82) is 0 Å². The molecule has 0 aromatic heterocycles. The average molecular weight is 299 g/mol. The Morgan fingerprint density at radius 3 is 2.95 bits per heavy atom. The Labute approximate surface area is 117 Å². The quantitative estimate of drug-likeness (QED) is 0.706. The lowest BCUT2D eigenvalue weighted by molar-refractivity contribution is -0.118. The van der Waals surface area contributed by atoms with E-state index in [1.807, 2.05) is 13.0 Å². The molecule has 1 aromatic carbocycles. The minimum absolute atomic E-state index is 0.0223. The van der Waals surface area contributed by atoms with Crippen LogP contribution in [0.4, 0.5) is 5.69 Å². The van der Waals surface area contributed by atoms with Gasteiger partial charge in [-0.15, -0.1) is 0 Å². The van der Waals surface area contributed by atoms with E-state index in [2.05, 4.69) is 10.6 Å². The predicted octanol–water partition coefficient (Wildman–Crippen LogP) is -0.0434. The van der Waals surface area contributed by atoms with Crippen molar-refractivity contribution in [2.24, 2.45) is 5.14 Å². The molecule has 1 aromatic rings. The highest BCUT2D eigenvalue weighted by atomic mass is 32.2. The number of amides is 1. The number of nitrogens with one attached hydrogen (secondary N) is 2. The molecule has 1 amide bonds. The number of hydrogen-bond acceptors (Lipinski definition) is 5. The highest BCUT2D eigenvalue weighted by Crippen LogP contribution is 2.30. The van der Waals surface area contributed by atoms with Gasteiger partial charge in [0, 0.05) is 12.6 Å². The van der Waals surface area contributed by atoms with Crippen LogP contribution < -0.4 is 20.5 Å². The maximum absolute atomic E-state index is 11.3. The van der Waals surface area contributed by atoms with Crippen LogP contribution in [0.5, 0.6) is 5.75 Å². The van der Waals surface area contributed by atoms with E-state index in [1.165, 1.54) is 0 Å². The third-order valence-corrected chi connectivity index (χ3v) is 3.75. The first-order valence-corrected chi connectivity index (χ1v) is 7.87. The fourth-order valence-corrected chi connectivity index (χ4v) is 2.31. The van der Waals surface area contributed by atoms with Crippen LogP contribution in [0.15, 0.2) is 18.2 Å². The average Bonchev–Trinajstić information content (AvgIpc) is 2.36. The van der Waals surface area contributed by atoms with Crippen molar-refractivity contribution in [3.8, 4) is 5.75 Å². The van der Waals surface area contributed by atoms with E-state index in [-0.39, 0.29) is 30.9 Å². The molecule has 110 valence electrons. The Morgan fingerprint density at radius 1 is 1.50 bits per heavy atom. The third-order valence-electron chi connectivity index (χ3n) is 2.97. The van der Waals surface area contributed by atoms with Crippen LogP contribution >= 0.6 is 0 Å². The topological polar surface area (TPSA) is 111 Å². The van der Waals surface area contributed by atoms with Gasteiger partial charge in [-0.3, -0.25) is 4.79 Å². The zero-order valence-electron chi connectivity index (χ0n) is 11.0. The molecule has 0 spiro atoms. The molecule has 20 heavy (non-hydrogen) atoms. The number of sulfonamides is 1. The van der Waals surface area contributed by atoms with Gasteiger partial charge in [0.15, 0.2) is 6.61 Å². The Morgan fingerprint density at radius 2 is 2.25 bits per heavy atom. The summed E-state index contributed by atoms with van der Waals surface area (Å²) in [6, 6.07) is 5.38. The van der Waals surface area contributed by atoms with Gasteiger partial charge in [0.25, 0.3) is 5.91 Å². The van der Waals surface area contributed by atoms with Crippen LogP contribution in [0.2, 0.25) is 0 Å². The van der Waals surface area contributed by atoms with Crippen molar-refractivity contribution in [3.05, 3.63) is 23.8 Å². The SMILES string of the molecule is CC(NCCS(N)(=O)=O)c1ccc2c(c1)NC(=O)CO2. The molecule has 4 N–H and O–H groups in total. The Hall–Kier alpha value is -1.64. The lowest BCUT2D eigenvalue weighted by Gasteiger charge is -2.20. The molecular weight excluding hydrogens is 282 g/mol. The Balaban J connectivity index is 2.02. The van der Waals surface area contributed by atoms with Crippen LogP contribution in [0, 0.1) is 0 Å². The second kappa shape index (κ2) is 5.78. The molecule has 1 aliphatic heterocycles. The van der Waals surface area contributed by atoms with Crippen molar-refractivity contribution in [2.45, 2.75) is 13.0 Å². The number of primary sulfonamides is 1. The highest BCUT2D eigenvalue weighted by molar-refractivity contribution is 7.89. The summed E-state index contributed by atoms with van der Waals surface area (Å²) in [4.78, 5) is 11.3. The fourth-order valence-electron chi connectivity index (χ4n) is 1.91. The highest BCUT2D eigenvalue weighted by Gasteiger charge is 2.17. The zero-order valence-corrected chi connectivity index (χ0v) is 11.9. The summed E-state index contributed by atoms with van der Waals surface area (Å²) in [7, 11) is -3.46. The molecule has 0 aliphatic carbocycles. The van der Waals surface area contributed by atoms with Crippen LogP contribution in [0.3, 0.4) is 0 Å². The number of carbonyl (C=O) groups is 1. The third kappa shape index (κ3) is 3.92. The van der Waals surface area contributed by atoms with Crippen molar-refractivity contribution >= 4 is 21.6 Å². The summed E-state index contributed by atoms with van der Waals surface area (Å²) >= 11 is 0. The lowest BCUT2D eigenvalue weighted by atomic mass is 10.1. The smallest absolute Gasteiger partial charge is 0.262 e. The van der Waals surface area contributed by atoms with Crippen molar-refractivity contribution in [3.63, 3.8) is 0 Å². The molecule has 2 rings (SSSR count). The van der Waals surface area contributed by atoms with Crippen molar-refractivity contribution in [1.82, 2.24) is 5.32 Å². The van der Waals surface area contributed by atoms with Gasteiger partial charge in [-0.1, -0.05) is 6.07 Å². The van der Waals surface area contributed by atoms with Gasteiger partial charge >= 0.3 is 0 Å². The van der Waals surface area contributed by atoms with Gasteiger partial charge in [-0.2, -0.15) is 0 Å². The van der Waals surface area contributed by atoms with E-state index in [4.69, 9.17) is 9.88 Å². The maximum atomic E-state index is 11.3. The number of carbonyl (C=O) groups excluding carboxylic acids is 1. The second-order valence-corrected chi connectivity index (χ2v) is 6.37. The second-order valence-electron chi connectivity index (χ2n) is 4.64. The molecule has 0 saturated heterocycles. The first-order valence-electron chi connectivity index (χ1n) is 6.15. The number of fused-ring (bicyclic) bond motifs is 1. The summed E-state index contributed by atoms with van der Waals surface area (Å²) in [6.45, 7) is 2.19. The van der Waals surface area contributed by atoms with E-state index in [9.17, 15) is 13.2 Å². The summed E-state index contributed by atoms with van der Waals surface area (Å²) < 4.78 is 27.0. The monoisotopic (exact) mass is 299 g/mol. The Kier molecular flexibility index (Phi) is 4.26.